The molecule has 37 heavy (non-hydrogen) atoms. The second-order valence-corrected chi connectivity index (χ2v) is 9.55. The van der Waals surface area contributed by atoms with Crippen LogP contribution in [0.4, 0.5) is 0 Å². The van der Waals surface area contributed by atoms with Gasteiger partial charge in [-0.05, 0) is 35.6 Å². The molecule has 2 atom stereocenters. The summed E-state index contributed by atoms with van der Waals surface area (Å²) in [6.45, 7) is 0.635. The number of methoxy groups -OCH3 is 1. The number of ether oxygens (including phenoxy) is 3. The molecule has 7 nitrogen and oxygen atoms in total. The summed E-state index contributed by atoms with van der Waals surface area (Å²) < 4.78 is 17.5. The van der Waals surface area contributed by atoms with Gasteiger partial charge < -0.3 is 24.2 Å². The van der Waals surface area contributed by atoms with E-state index >= 15 is 0 Å². The van der Waals surface area contributed by atoms with E-state index in [1.54, 1.807) is 4.90 Å². The largest absolute Gasteiger partial charge is 0.489 e. The van der Waals surface area contributed by atoms with Gasteiger partial charge in [-0.25, -0.2) is 4.79 Å². The van der Waals surface area contributed by atoms with E-state index in [2.05, 4.69) is 0 Å². The number of benzene rings is 3. The second kappa shape index (κ2) is 11.2. The van der Waals surface area contributed by atoms with Crippen molar-refractivity contribution in [1.29, 1.82) is 0 Å². The number of nitrogens with zero attached hydrogens (tertiary/aromatic N) is 1. The number of aliphatic hydroxyl groups is 1. The Morgan fingerprint density at radius 1 is 0.973 bits per heavy atom. The highest BCUT2D eigenvalue weighted by Crippen LogP contribution is 2.36. The molecule has 0 saturated heterocycles. The Bertz CT molecular complexity index is 1230. The zero-order valence-electron chi connectivity index (χ0n) is 20.8. The van der Waals surface area contributed by atoms with Crippen molar-refractivity contribution >= 4 is 11.9 Å². The third-order valence-electron chi connectivity index (χ3n) is 7.06. The number of rotatable bonds is 8. The van der Waals surface area contributed by atoms with Crippen LogP contribution in [0.15, 0.2) is 78.9 Å². The first-order chi connectivity index (χ1) is 18.0. The van der Waals surface area contributed by atoms with Crippen LogP contribution < -0.4 is 4.74 Å². The number of esters is 1. The SMILES string of the molecule is COC(=O)C1Cc2c(cccc2OCc2ccccc2)CN1C(=O)C(OC1CC(O)C1)c1ccccc1. The first-order valence-corrected chi connectivity index (χ1v) is 12.6. The van der Waals surface area contributed by atoms with Crippen molar-refractivity contribution in [2.75, 3.05) is 7.11 Å². The predicted octanol–water partition coefficient (Wildman–Crippen LogP) is 3.97. The topological polar surface area (TPSA) is 85.3 Å². The third kappa shape index (κ3) is 5.53. The summed E-state index contributed by atoms with van der Waals surface area (Å²) in [4.78, 5) is 28.5. The van der Waals surface area contributed by atoms with Gasteiger partial charge in [0.05, 0.1) is 19.3 Å². The van der Waals surface area contributed by atoms with Crippen molar-refractivity contribution in [3.05, 3.63) is 101 Å². The molecule has 1 N–H and O–H groups in total. The van der Waals surface area contributed by atoms with E-state index in [1.807, 2.05) is 78.9 Å². The molecule has 1 aliphatic carbocycles. The van der Waals surface area contributed by atoms with Crippen LogP contribution in [-0.2, 0) is 38.6 Å². The van der Waals surface area contributed by atoms with E-state index in [9.17, 15) is 14.7 Å². The molecular weight excluding hydrogens is 470 g/mol. The first-order valence-electron chi connectivity index (χ1n) is 12.6. The highest BCUT2D eigenvalue weighted by molar-refractivity contribution is 5.88. The van der Waals surface area contributed by atoms with Crippen molar-refractivity contribution in [2.24, 2.45) is 0 Å². The maximum Gasteiger partial charge on any atom is 0.328 e. The Morgan fingerprint density at radius 2 is 1.68 bits per heavy atom. The summed E-state index contributed by atoms with van der Waals surface area (Å²) in [5.41, 5.74) is 3.58. The summed E-state index contributed by atoms with van der Waals surface area (Å²) in [5, 5.41) is 9.74. The molecule has 3 aromatic carbocycles. The van der Waals surface area contributed by atoms with Gasteiger partial charge in [0.2, 0.25) is 0 Å². The molecule has 192 valence electrons. The Hall–Kier alpha value is -3.68. The maximum absolute atomic E-state index is 14.0. The first kappa shape index (κ1) is 25.0. The van der Waals surface area contributed by atoms with Gasteiger partial charge in [-0.3, -0.25) is 4.79 Å². The number of hydrogen-bond donors (Lipinski definition) is 1. The van der Waals surface area contributed by atoms with Gasteiger partial charge in [0.1, 0.15) is 18.4 Å². The summed E-state index contributed by atoms with van der Waals surface area (Å²) in [6.07, 6.45) is -0.247. The minimum Gasteiger partial charge on any atom is -0.489 e. The van der Waals surface area contributed by atoms with Crippen LogP contribution in [0.3, 0.4) is 0 Å². The second-order valence-electron chi connectivity index (χ2n) is 9.55. The Labute approximate surface area is 216 Å². The lowest BCUT2D eigenvalue weighted by Crippen LogP contribution is -2.51. The minimum absolute atomic E-state index is 0.212. The van der Waals surface area contributed by atoms with E-state index in [0.29, 0.717) is 30.8 Å². The molecule has 0 radical (unpaired) electrons. The molecule has 1 heterocycles. The normalized spacial score (nSPS) is 21.4. The molecule has 0 spiro atoms. The zero-order valence-corrected chi connectivity index (χ0v) is 20.8. The van der Waals surface area contributed by atoms with E-state index in [-0.39, 0.29) is 25.0 Å². The highest BCUT2D eigenvalue weighted by atomic mass is 16.5. The smallest absolute Gasteiger partial charge is 0.328 e. The van der Waals surface area contributed by atoms with Crippen molar-refractivity contribution < 1.29 is 28.9 Å². The molecule has 1 amide bonds. The van der Waals surface area contributed by atoms with Gasteiger partial charge in [0.15, 0.2) is 6.10 Å². The number of fused-ring (bicyclic) bond motifs is 1. The number of amides is 1. The third-order valence-corrected chi connectivity index (χ3v) is 7.06. The van der Waals surface area contributed by atoms with E-state index in [0.717, 1.165) is 16.7 Å². The standard InChI is InChI=1S/C30H31NO6/c1-35-30(34)26-17-25-22(13-8-14-27(25)36-19-20-9-4-2-5-10-20)18-31(26)29(33)28(21-11-6-3-7-12-21)37-24-15-23(32)16-24/h2-14,23-24,26,28,32H,15-19H2,1H3. The lowest BCUT2D eigenvalue weighted by atomic mass is 9.90. The summed E-state index contributed by atoms with van der Waals surface area (Å²) in [5.74, 6) is -0.0892. The van der Waals surface area contributed by atoms with Crippen molar-refractivity contribution in [3.8, 4) is 5.75 Å². The van der Waals surface area contributed by atoms with Crippen LogP contribution in [0, 0.1) is 0 Å². The molecule has 1 aliphatic heterocycles. The highest BCUT2D eigenvalue weighted by Gasteiger charge is 2.42. The summed E-state index contributed by atoms with van der Waals surface area (Å²) in [6, 6.07) is 24.1. The molecule has 0 aromatic heterocycles. The fourth-order valence-corrected chi connectivity index (χ4v) is 4.94. The molecule has 0 bridgehead atoms. The van der Waals surface area contributed by atoms with Crippen molar-refractivity contribution in [2.45, 2.75) is 56.8 Å². The average molecular weight is 502 g/mol. The van der Waals surface area contributed by atoms with Gasteiger partial charge in [-0.2, -0.15) is 0 Å². The van der Waals surface area contributed by atoms with Crippen LogP contribution in [0.5, 0.6) is 5.75 Å². The van der Waals surface area contributed by atoms with Crippen molar-refractivity contribution in [3.63, 3.8) is 0 Å². The molecule has 2 unspecified atom stereocenters. The van der Waals surface area contributed by atoms with Gasteiger partial charge >= 0.3 is 5.97 Å². The number of hydrogen-bond acceptors (Lipinski definition) is 6. The molecule has 2 aliphatic rings. The predicted molar refractivity (Wildman–Crippen MR) is 137 cm³/mol. The van der Waals surface area contributed by atoms with Gasteiger partial charge in [-0.1, -0.05) is 72.8 Å². The number of carbonyl (C=O) groups is 2. The Morgan fingerprint density at radius 3 is 2.35 bits per heavy atom. The minimum atomic E-state index is -0.884. The molecule has 7 heteroatoms. The van der Waals surface area contributed by atoms with E-state index < -0.39 is 24.2 Å². The van der Waals surface area contributed by atoms with Gasteiger partial charge in [0.25, 0.3) is 5.91 Å². The van der Waals surface area contributed by atoms with Crippen LogP contribution >= 0.6 is 0 Å². The Kier molecular flexibility index (Phi) is 7.53. The van der Waals surface area contributed by atoms with E-state index in [1.165, 1.54) is 7.11 Å². The lowest BCUT2D eigenvalue weighted by molar-refractivity contribution is -0.168. The summed E-state index contributed by atoms with van der Waals surface area (Å²) in [7, 11) is 1.33. The Balaban J connectivity index is 1.42. The molecule has 1 saturated carbocycles. The zero-order chi connectivity index (χ0) is 25.8. The van der Waals surface area contributed by atoms with Crippen LogP contribution in [0.1, 0.15) is 41.2 Å². The monoisotopic (exact) mass is 501 g/mol. The van der Waals surface area contributed by atoms with Crippen LogP contribution in [0.25, 0.3) is 0 Å². The fourth-order valence-electron chi connectivity index (χ4n) is 4.94. The van der Waals surface area contributed by atoms with E-state index in [4.69, 9.17) is 14.2 Å². The van der Waals surface area contributed by atoms with Gasteiger partial charge in [0, 0.05) is 18.5 Å². The molecule has 3 aromatic rings. The average Bonchev–Trinajstić information content (AvgIpc) is 2.93. The summed E-state index contributed by atoms with van der Waals surface area (Å²) >= 11 is 0. The molecule has 5 rings (SSSR count). The van der Waals surface area contributed by atoms with Crippen molar-refractivity contribution in [1.82, 2.24) is 4.90 Å². The maximum atomic E-state index is 14.0. The molecule has 1 fully saturated rings. The van der Waals surface area contributed by atoms with Crippen LogP contribution in [-0.4, -0.2) is 47.2 Å². The number of carbonyl (C=O) groups excluding carboxylic acids is 2. The lowest BCUT2D eigenvalue weighted by Gasteiger charge is -2.40. The van der Waals surface area contributed by atoms with Gasteiger partial charge in [-0.15, -0.1) is 0 Å². The molecular formula is C30H31NO6. The number of aliphatic hydroxyl groups excluding tert-OH is 1. The van der Waals surface area contributed by atoms with Crippen LogP contribution in [0.2, 0.25) is 0 Å². The fraction of sp³-hybridized carbons (Fsp3) is 0.333. The quantitative estimate of drug-likeness (QED) is 0.470.